The highest BCUT2D eigenvalue weighted by Gasteiger charge is 2.27. The van der Waals surface area contributed by atoms with Gasteiger partial charge in [0.1, 0.15) is 6.26 Å². The Bertz CT molecular complexity index is 634. The average molecular weight is 331 g/mol. The summed E-state index contributed by atoms with van der Waals surface area (Å²) in [5, 5.41) is 8.95. The summed E-state index contributed by atoms with van der Waals surface area (Å²) >= 11 is 0. The van der Waals surface area contributed by atoms with E-state index < -0.39 is 11.6 Å². The van der Waals surface area contributed by atoms with Crippen LogP contribution in [0.5, 0.6) is 0 Å². The zero-order chi connectivity index (χ0) is 17.4. The first-order valence-corrected chi connectivity index (χ1v) is 8.36. The van der Waals surface area contributed by atoms with Crippen LogP contribution in [0.2, 0.25) is 0 Å². The number of oxazole rings is 1. The van der Waals surface area contributed by atoms with Crippen LogP contribution in [-0.4, -0.2) is 28.3 Å². The quantitative estimate of drug-likeness (QED) is 0.656. The van der Waals surface area contributed by atoms with Gasteiger partial charge >= 0.3 is 5.97 Å². The minimum Gasteiger partial charge on any atom is -0.479 e. The van der Waals surface area contributed by atoms with E-state index in [2.05, 4.69) is 4.98 Å². The molecule has 1 N–H and O–H groups in total. The lowest BCUT2D eigenvalue weighted by Crippen LogP contribution is -2.35. The van der Waals surface area contributed by atoms with Gasteiger partial charge in [-0.2, -0.15) is 0 Å². The smallest absolute Gasteiger partial charge is 0.335 e. The SMILES string of the molecule is CC(C)(OCCCCCCc1coc(-c2ccccc2)n1)C(=O)O. The van der Waals surface area contributed by atoms with Gasteiger partial charge in [-0.15, -0.1) is 0 Å². The molecule has 24 heavy (non-hydrogen) atoms. The van der Waals surface area contributed by atoms with Crippen molar-refractivity contribution in [1.82, 2.24) is 4.98 Å². The summed E-state index contributed by atoms with van der Waals surface area (Å²) < 4.78 is 10.9. The molecule has 0 radical (unpaired) electrons. The zero-order valence-electron chi connectivity index (χ0n) is 14.3. The van der Waals surface area contributed by atoms with E-state index in [1.165, 1.54) is 0 Å². The Labute approximate surface area is 142 Å². The van der Waals surface area contributed by atoms with Gasteiger partial charge in [0.15, 0.2) is 5.60 Å². The van der Waals surface area contributed by atoms with Gasteiger partial charge in [0.25, 0.3) is 0 Å². The number of carboxylic acids is 1. The molecule has 0 aliphatic heterocycles. The summed E-state index contributed by atoms with van der Waals surface area (Å²) in [6.07, 6.45) is 6.58. The average Bonchev–Trinajstić information content (AvgIpc) is 3.03. The number of hydrogen-bond acceptors (Lipinski definition) is 4. The van der Waals surface area contributed by atoms with Gasteiger partial charge in [-0.3, -0.25) is 0 Å². The summed E-state index contributed by atoms with van der Waals surface area (Å²) in [6, 6.07) is 9.86. The molecule has 0 amide bonds. The fourth-order valence-electron chi connectivity index (χ4n) is 2.29. The van der Waals surface area contributed by atoms with Crippen molar-refractivity contribution in [3.05, 3.63) is 42.3 Å². The predicted molar refractivity (Wildman–Crippen MR) is 91.8 cm³/mol. The molecule has 130 valence electrons. The molecule has 1 heterocycles. The van der Waals surface area contributed by atoms with E-state index in [0.29, 0.717) is 12.5 Å². The molecular weight excluding hydrogens is 306 g/mol. The van der Waals surface area contributed by atoms with Crippen LogP contribution in [0.3, 0.4) is 0 Å². The first kappa shape index (κ1) is 18.2. The molecule has 0 aliphatic carbocycles. The first-order chi connectivity index (χ1) is 11.5. The van der Waals surface area contributed by atoms with Gasteiger partial charge in [-0.05, 0) is 45.2 Å². The fraction of sp³-hybridized carbons (Fsp3) is 0.474. The Kier molecular flexibility index (Phi) is 6.55. The minimum atomic E-state index is -1.10. The molecule has 0 spiro atoms. The zero-order valence-corrected chi connectivity index (χ0v) is 14.3. The van der Waals surface area contributed by atoms with Crippen molar-refractivity contribution < 1.29 is 19.1 Å². The Morgan fingerprint density at radius 2 is 1.88 bits per heavy atom. The number of carbonyl (C=O) groups is 1. The van der Waals surface area contributed by atoms with Gasteiger partial charge in [0, 0.05) is 12.2 Å². The van der Waals surface area contributed by atoms with Crippen LogP contribution < -0.4 is 0 Å². The van der Waals surface area contributed by atoms with Gasteiger partial charge in [-0.1, -0.05) is 31.0 Å². The van der Waals surface area contributed by atoms with Crippen molar-refractivity contribution in [1.29, 1.82) is 0 Å². The lowest BCUT2D eigenvalue weighted by molar-refractivity contribution is -0.161. The van der Waals surface area contributed by atoms with E-state index >= 15 is 0 Å². The standard InChI is InChI=1S/C19H25NO4/c1-19(2,18(21)22)24-13-9-4-3-8-12-16-14-23-17(20-16)15-10-6-5-7-11-15/h5-7,10-11,14H,3-4,8-9,12-13H2,1-2H3,(H,21,22). The van der Waals surface area contributed by atoms with Crippen molar-refractivity contribution in [3.63, 3.8) is 0 Å². The molecule has 0 fully saturated rings. The second-order valence-electron chi connectivity index (χ2n) is 6.34. The van der Waals surface area contributed by atoms with E-state index in [4.69, 9.17) is 14.3 Å². The molecule has 1 aromatic heterocycles. The molecule has 5 heteroatoms. The monoisotopic (exact) mass is 331 g/mol. The van der Waals surface area contributed by atoms with E-state index in [9.17, 15) is 4.79 Å². The van der Waals surface area contributed by atoms with Crippen LogP contribution in [0.15, 0.2) is 41.0 Å². The highest BCUT2D eigenvalue weighted by Crippen LogP contribution is 2.19. The second kappa shape index (κ2) is 8.64. The summed E-state index contributed by atoms with van der Waals surface area (Å²) in [6.45, 7) is 3.62. The molecule has 0 atom stereocenters. The van der Waals surface area contributed by atoms with Gasteiger partial charge in [0.2, 0.25) is 5.89 Å². The number of nitrogens with zero attached hydrogens (tertiary/aromatic N) is 1. The number of unbranched alkanes of at least 4 members (excludes halogenated alkanes) is 3. The van der Waals surface area contributed by atoms with Crippen molar-refractivity contribution in [2.45, 2.75) is 51.6 Å². The number of ether oxygens (including phenoxy) is 1. The summed E-state index contributed by atoms with van der Waals surface area (Å²) in [4.78, 5) is 15.4. The van der Waals surface area contributed by atoms with Crippen LogP contribution in [-0.2, 0) is 16.0 Å². The van der Waals surface area contributed by atoms with Crippen molar-refractivity contribution in [2.75, 3.05) is 6.61 Å². The Morgan fingerprint density at radius 3 is 2.58 bits per heavy atom. The maximum absolute atomic E-state index is 10.9. The maximum Gasteiger partial charge on any atom is 0.335 e. The Balaban J connectivity index is 1.62. The summed E-state index contributed by atoms with van der Waals surface area (Å²) in [5.41, 5.74) is 0.855. The van der Waals surface area contributed by atoms with Crippen molar-refractivity contribution in [3.8, 4) is 11.5 Å². The molecule has 0 saturated heterocycles. The Hall–Kier alpha value is -2.14. The van der Waals surface area contributed by atoms with Crippen LogP contribution in [0.25, 0.3) is 11.5 Å². The van der Waals surface area contributed by atoms with E-state index in [-0.39, 0.29) is 0 Å². The predicted octanol–water partition coefficient (Wildman–Crippen LogP) is 4.32. The van der Waals surface area contributed by atoms with Gasteiger partial charge in [-0.25, -0.2) is 9.78 Å². The summed E-state index contributed by atoms with van der Waals surface area (Å²) in [7, 11) is 0. The van der Waals surface area contributed by atoms with Crippen LogP contribution in [0.4, 0.5) is 0 Å². The van der Waals surface area contributed by atoms with Crippen LogP contribution >= 0.6 is 0 Å². The largest absolute Gasteiger partial charge is 0.479 e. The van der Waals surface area contributed by atoms with E-state index in [1.807, 2.05) is 30.3 Å². The molecule has 2 rings (SSSR count). The third kappa shape index (κ3) is 5.49. The molecule has 0 bridgehead atoms. The highest BCUT2D eigenvalue weighted by atomic mass is 16.5. The molecule has 0 saturated carbocycles. The minimum absolute atomic E-state index is 0.474. The van der Waals surface area contributed by atoms with E-state index in [1.54, 1.807) is 20.1 Å². The lowest BCUT2D eigenvalue weighted by atomic mass is 10.1. The summed E-state index contributed by atoms with van der Waals surface area (Å²) in [5.74, 6) is -0.266. The number of aromatic nitrogens is 1. The second-order valence-corrected chi connectivity index (χ2v) is 6.34. The molecular formula is C19H25NO4. The molecule has 2 aromatic rings. The fourth-order valence-corrected chi connectivity index (χ4v) is 2.29. The van der Waals surface area contributed by atoms with Crippen molar-refractivity contribution >= 4 is 5.97 Å². The van der Waals surface area contributed by atoms with Crippen molar-refractivity contribution in [2.24, 2.45) is 0 Å². The lowest BCUT2D eigenvalue weighted by Gasteiger charge is -2.19. The molecule has 1 aromatic carbocycles. The number of rotatable bonds is 10. The number of aryl methyl sites for hydroxylation is 1. The highest BCUT2D eigenvalue weighted by molar-refractivity contribution is 5.76. The first-order valence-electron chi connectivity index (χ1n) is 8.36. The van der Waals surface area contributed by atoms with Gasteiger partial charge in [0.05, 0.1) is 5.69 Å². The molecule has 5 nitrogen and oxygen atoms in total. The van der Waals surface area contributed by atoms with Crippen LogP contribution in [0, 0.1) is 0 Å². The third-order valence-corrected chi connectivity index (χ3v) is 3.88. The Morgan fingerprint density at radius 1 is 1.17 bits per heavy atom. The normalized spacial score (nSPS) is 11.6. The molecule has 0 unspecified atom stereocenters. The molecule has 0 aliphatic rings. The van der Waals surface area contributed by atoms with E-state index in [0.717, 1.165) is 43.4 Å². The third-order valence-electron chi connectivity index (χ3n) is 3.88. The van der Waals surface area contributed by atoms with Crippen LogP contribution in [0.1, 0.15) is 45.2 Å². The number of carboxylic acid groups (broad SMARTS) is 1. The maximum atomic E-state index is 10.9. The number of aliphatic carboxylic acids is 1. The van der Waals surface area contributed by atoms with Gasteiger partial charge < -0.3 is 14.3 Å². The number of hydrogen-bond donors (Lipinski definition) is 1. The topological polar surface area (TPSA) is 72.6 Å². The number of benzene rings is 1.